The molecule has 0 bridgehead atoms. The number of amides is 2. The highest BCUT2D eigenvalue weighted by Crippen LogP contribution is 2.23. The lowest BCUT2D eigenvalue weighted by Crippen LogP contribution is -2.45. The highest BCUT2D eigenvalue weighted by Gasteiger charge is 2.34. The van der Waals surface area contributed by atoms with Gasteiger partial charge in [-0.3, -0.25) is 4.79 Å². The number of urea groups is 1. The number of carbonyl (C=O) groups is 2. The van der Waals surface area contributed by atoms with Crippen molar-refractivity contribution < 1.29 is 14.7 Å². The topological polar surface area (TPSA) is 69.6 Å². The molecule has 1 rings (SSSR count). The summed E-state index contributed by atoms with van der Waals surface area (Å²) in [6.07, 6.45) is 0.495. The van der Waals surface area contributed by atoms with Crippen LogP contribution in [-0.2, 0) is 4.79 Å². The molecule has 1 heterocycles. The van der Waals surface area contributed by atoms with Gasteiger partial charge in [-0.25, -0.2) is 4.79 Å². The third-order valence-electron chi connectivity index (χ3n) is 4.20. The first-order valence-corrected chi connectivity index (χ1v) is 6.56. The highest BCUT2D eigenvalue weighted by atomic mass is 16.4. The molecule has 0 aromatic rings. The Morgan fingerprint density at radius 2 is 1.83 bits per heavy atom. The maximum atomic E-state index is 11.9. The van der Waals surface area contributed by atoms with E-state index >= 15 is 0 Å². The zero-order valence-electron chi connectivity index (χ0n) is 11.7. The average Bonchev–Trinajstić information content (AvgIpc) is 2.66. The largest absolute Gasteiger partial charge is 0.481 e. The minimum absolute atomic E-state index is 0.146. The molecule has 5 nitrogen and oxygen atoms in total. The molecule has 0 aromatic carbocycles. The fraction of sp³-hybridized carbons (Fsp3) is 0.846. The van der Waals surface area contributed by atoms with E-state index in [1.54, 1.807) is 11.8 Å². The van der Waals surface area contributed by atoms with Crippen LogP contribution in [0.5, 0.6) is 0 Å². The van der Waals surface area contributed by atoms with Crippen molar-refractivity contribution in [2.24, 2.45) is 17.3 Å². The van der Waals surface area contributed by atoms with Crippen LogP contribution in [0.4, 0.5) is 4.79 Å². The minimum atomic E-state index is -0.882. The van der Waals surface area contributed by atoms with Crippen LogP contribution in [-0.4, -0.2) is 41.6 Å². The van der Waals surface area contributed by atoms with E-state index in [2.05, 4.69) is 19.2 Å². The number of likely N-dealkylation sites (tertiary alicyclic amines) is 1. The van der Waals surface area contributed by atoms with E-state index in [1.165, 1.54) is 0 Å². The molecule has 104 valence electrons. The number of carboxylic acids is 1. The molecular formula is C13H24N2O3. The van der Waals surface area contributed by atoms with Crippen molar-refractivity contribution in [1.29, 1.82) is 0 Å². The van der Waals surface area contributed by atoms with Crippen molar-refractivity contribution in [3.8, 4) is 0 Å². The molecule has 3 atom stereocenters. The normalized spacial score (nSPS) is 26.8. The molecule has 0 radical (unpaired) electrons. The number of carbonyl (C=O) groups excluding carboxylic acids is 1. The SMILES string of the molecule is CCC(C)(CNC(=O)N1CC(C)C(C)C1)C(=O)O. The number of hydrogen-bond acceptors (Lipinski definition) is 2. The van der Waals surface area contributed by atoms with Crippen molar-refractivity contribution >= 4 is 12.0 Å². The molecule has 18 heavy (non-hydrogen) atoms. The van der Waals surface area contributed by atoms with Gasteiger partial charge in [-0.15, -0.1) is 0 Å². The number of nitrogens with one attached hydrogen (secondary N) is 1. The van der Waals surface area contributed by atoms with E-state index in [0.717, 1.165) is 13.1 Å². The van der Waals surface area contributed by atoms with Crippen LogP contribution in [0.2, 0.25) is 0 Å². The maximum absolute atomic E-state index is 11.9. The van der Waals surface area contributed by atoms with Crippen LogP contribution >= 0.6 is 0 Å². The van der Waals surface area contributed by atoms with Gasteiger partial charge < -0.3 is 15.3 Å². The van der Waals surface area contributed by atoms with Gasteiger partial charge in [-0.1, -0.05) is 20.8 Å². The van der Waals surface area contributed by atoms with E-state index < -0.39 is 11.4 Å². The Balaban J connectivity index is 2.49. The molecule has 3 unspecified atom stereocenters. The Morgan fingerprint density at radius 3 is 2.22 bits per heavy atom. The fourth-order valence-corrected chi connectivity index (χ4v) is 2.03. The lowest BCUT2D eigenvalue weighted by molar-refractivity contribution is -0.147. The van der Waals surface area contributed by atoms with Gasteiger partial charge >= 0.3 is 12.0 Å². The molecular weight excluding hydrogens is 232 g/mol. The Bertz CT molecular complexity index is 322. The second kappa shape index (κ2) is 5.59. The molecule has 1 aliphatic heterocycles. The summed E-state index contributed by atoms with van der Waals surface area (Å²) in [6, 6.07) is -0.146. The third kappa shape index (κ3) is 3.15. The average molecular weight is 256 g/mol. The van der Waals surface area contributed by atoms with Crippen molar-refractivity contribution in [3.63, 3.8) is 0 Å². The summed E-state index contributed by atoms with van der Waals surface area (Å²) in [5, 5.41) is 11.9. The number of rotatable bonds is 4. The minimum Gasteiger partial charge on any atom is -0.481 e. The van der Waals surface area contributed by atoms with Crippen LogP contribution in [0.3, 0.4) is 0 Å². The van der Waals surface area contributed by atoms with Crippen LogP contribution in [0.15, 0.2) is 0 Å². The predicted octanol–water partition coefficient (Wildman–Crippen LogP) is 1.78. The number of hydrogen-bond donors (Lipinski definition) is 2. The molecule has 1 aliphatic rings. The van der Waals surface area contributed by atoms with Gasteiger partial charge in [0.1, 0.15) is 0 Å². The number of aliphatic carboxylic acids is 1. The van der Waals surface area contributed by atoms with Crippen molar-refractivity contribution in [2.75, 3.05) is 19.6 Å². The van der Waals surface area contributed by atoms with Crippen LogP contribution in [0.1, 0.15) is 34.1 Å². The Morgan fingerprint density at radius 1 is 1.33 bits per heavy atom. The first-order valence-electron chi connectivity index (χ1n) is 6.56. The predicted molar refractivity (Wildman–Crippen MR) is 69.3 cm³/mol. The third-order valence-corrected chi connectivity index (χ3v) is 4.20. The Hall–Kier alpha value is -1.26. The zero-order valence-corrected chi connectivity index (χ0v) is 11.7. The molecule has 0 aromatic heterocycles. The van der Waals surface area contributed by atoms with Crippen molar-refractivity contribution in [2.45, 2.75) is 34.1 Å². The molecule has 1 saturated heterocycles. The summed E-state index contributed by atoms with van der Waals surface area (Å²) < 4.78 is 0. The molecule has 0 aliphatic carbocycles. The number of carboxylic acid groups (broad SMARTS) is 1. The first kappa shape index (κ1) is 14.8. The summed E-state index contributed by atoms with van der Waals surface area (Å²) in [4.78, 5) is 24.8. The summed E-state index contributed by atoms with van der Waals surface area (Å²) in [6.45, 7) is 9.42. The fourth-order valence-electron chi connectivity index (χ4n) is 2.03. The number of nitrogens with zero attached hydrogens (tertiary/aromatic N) is 1. The van der Waals surface area contributed by atoms with Crippen LogP contribution in [0, 0.1) is 17.3 Å². The lowest BCUT2D eigenvalue weighted by atomic mass is 9.88. The summed E-state index contributed by atoms with van der Waals surface area (Å²) in [7, 11) is 0. The summed E-state index contributed by atoms with van der Waals surface area (Å²) >= 11 is 0. The van der Waals surface area contributed by atoms with E-state index in [-0.39, 0.29) is 12.6 Å². The van der Waals surface area contributed by atoms with Gasteiger partial charge in [-0.2, -0.15) is 0 Å². The van der Waals surface area contributed by atoms with Gasteiger partial charge in [0.15, 0.2) is 0 Å². The van der Waals surface area contributed by atoms with E-state index in [0.29, 0.717) is 18.3 Å². The van der Waals surface area contributed by atoms with Crippen LogP contribution < -0.4 is 5.32 Å². The first-order chi connectivity index (χ1) is 8.30. The Kier molecular flexibility index (Phi) is 4.59. The lowest BCUT2D eigenvalue weighted by Gasteiger charge is -2.25. The standard InChI is InChI=1S/C13H24N2O3/c1-5-13(4,11(16)17)8-14-12(18)15-6-9(2)10(3)7-15/h9-10H,5-8H2,1-4H3,(H,14,18)(H,16,17). The van der Waals surface area contributed by atoms with E-state index in [4.69, 9.17) is 5.11 Å². The molecule has 0 saturated carbocycles. The summed E-state index contributed by atoms with van der Waals surface area (Å²) in [5.41, 5.74) is -0.882. The smallest absolute Gasteiger partial charge is 0.317 e. The molecule has 2 N–H and O–H groups in total. The van der Waals surface area contributed by atoms with Gasteiger partial charge in [0.25, 0.3) is 0 Å². The molecule has 1 fully saturated rings. The quantitative estimate of drug-likeness (QED) is 0.805. The molecule has 5 heteroatoms. The molecule has 0 spiro atoms. The van der Waals surface area contributed by atoms with Crippen molar-refractivity contribution in [1.82, 2.24) is 10.2 Å². The highest BCUT2D eigenvalue weighted by molar-refractivity contribution is 5.78. The van der Waals surface area contributed by atoms with Gasteiger partial charge in [-0.05, 0) is 25.2 Å². The monoisotopic (exact) mass is 256 g/mol. The second-order valence-electron chi connectivity index (χ2n) is 5.74. The zero-order chi connectivity index (χ0) is 13.9. The van der Waals surface area contributed by atoms with Crippen molar-refractivity contribution in [3.05, 3.63) is 0 Å². The van der Waals surface area contributed by atoms with Gasteiger partial charge in [0.2, 0.25) is 0 Å². The second-order valence-corrected chi connectivity index (χ2v) is 5.74. The van der Waals surface area contributed by atoms with Gasteiger partial charge in [0.05, 0.1) is 5.41 Å². The maximum Gasteiger partial charge on any atom is 0.317 e. The Labute approximate surface area is 109 Å². The van der Waals surface area contributed by atoms with E-state index in [9.17, 15) is 9.59 Å². The molecule has 2 amide bonds. The van der Waals surface area contributed by atoms with E-state index in [1.807, 2.05) is 6.92 Å². The van der Waals surface area contributed by atoms with Gasteiger partial charge in [0, 0.05) is 19.6 Å². The summed E-state index contributed by atoms with van der Waals surface area (Å²) in [5.74, 6) is 0.147. The van der Waals surface area contributed by atoms with Crippen LogP contribution in [0.25, 0.3) is 0 Å².